The largest absolute Gasteiger partial charge is 0.0654 e. The smallest absolute Gasteiger partial charge is 0.0391 e. The molecule has 22 heavy (non-hydrogen) atoms. The first-order valence-electron chi connectivity index (χ1n) is 10.7. The SMILES string of the molecule is CCCCCCCCCC(CCCCCCCCC)C(C)C. The summed E-state index contributed by atoms with van der Waals surface area (Å²) in [6.45, 7) is 9.48. The summed E-state index contributed by atoms with van der Waals surface area (Å²) < 4.78 is 0. The van der Waals surface area contributed by atoms with Gasteiger partial charge in [0.1, 0.15) is 0 Å². The second kappa shape index (κ2) is 17.4. The van der Waals surface area contributed by atoms with E-state index in [1.165, 1.54) is 103 Å². The molecule has 0 aromatic carbocycles. The van der Waals surface area contributed by atoms with Crippen molar-refractivity contribution >= 4 is 0 Å². The van der Waals surface area contributed by atoms with Gasteiger partial charge >= 0.3 is 0 Å². The van der Waals surface area contributed by atoms with Gasteiger partial charge in [0, 0.05) is 0 Å². The maximum Gasteiger partial charge on any atom is -0.0391 e. The van der Waals surface area contributed by atoms with Crippen molar-refractivity contribution in [3.63, 3.8) is 0 Å². The Morgan fingerprint density at radius 3 is 1.09 bits per heavy atom. The molecule has 0 aliphatic carbocycles. The second-order valence-corrected chi connectivity index (χ2v) is 7.82. The van der Waals surface area contributed by atoms with E-state index in [-0.39, 0.29) is 0 Å². The molecular weight excluding hydrogens is 264 g/mol. The number of rotatable bonds is 17. The molecule has 0 aliphatic heterocycles. The Kier molecular flexibility index (Phi) is 17.4. The lowest BCUT2D eigenvalue weighted by Gasteiger charge is -2.20. The molecule has 0 heteroatoms. The maximum atomic E-state index is 2.44. The van der Waals surface area contributed by atoms with Gasteiger partial charge in [-0.2, -0.15) is 0 Å². The van der Waals surface area contributed by atoms with Crippen molar-refractivity contribution in [2.45, 2.75) is 130 Å². The van der Waals surface area contributed by atoms with E-state index in [1.807, 2.05) is 0 Å². The molecule has 0 heterocycles. The molecule has 0 aromatic rings. The van der Waals surface area contributed by atoms with Gasteiger partial charge in [0.25, 0.3) is 0 Å². The normalized spacial score (nSPS) is 11.7. The lowest BCUT2D eigenvalue weighted by Crippen LogP contribution is -2.08. The molecule has 0 aromatic heterocycles. The lowest BCUT2D eigenvalue weighted by atomic mass is 9.85. The summed E-state index contributed by atoms with van der Waals surface area (Å²) in [6, 6.07) is 0. The Hall–Kier alpha value is 0. The minimum absolute atomic E-state index is 0.889. The van der Waals surface area contributed by atoms with Crippen LogP contribution in [0.25, 0.3) is 0 Å². The Bertz CT molecular complexity index is 176. The molecule has 0 saturated carbocycles. The lowest BCUT2D eigenvalue weighted by molar-refractivity contribution is 0.312. The quantitative estimate of drug-likeness (QED) is 0.236. The van der Waals surface area contributed by atoms with Gasteiger partial charge in [0.2, 0.25) is 0 Å². The monoisotopic (exact) mass is 310 g/mol. The van der Waals surface area contributed by atoms with Crippen molar-refractivity contribution in [1.29, 1.82) is 0 Å². The average molecular weight is 311 g/mol. The molecule has 0 aliphatic rings. The van der Waals surface area contributed by atoms with E-state index < -0.39 is 0 Å². The van der Waals surface area contributed by atoms with E-state index >= 15 is 0 Å². The minimum atomic E-state index is 0.889. The molecule has 0 nitrogen and oxygen atoms in total. The van der Waals surface area contributed by atoms with E-state index in [9.17, 15) is 0 Å². The zero-order chi connectivity index (χ0) is 16.5. The van der Waals surface area contributed by atoms with Crippen molar-refractivity contribution in [2.24, 2.45) is 11.8 Å². The van der Waals surface area contributed by atoms with Crippen LogP contribution in [0.3, 0.4) is 0 Å². The third-order valence-electron chi connectivity index (χ3n) is 5.30. The highest BCUT2D eigenvalue weighted by Crippen LogP contribution is 2.25. The maximum absolute atomic E-state index is 2.44. The van der Waals surface area contributed by atoms with Crippen LogP contribution in [0.4, 0.5) is 0 Å². The van der Waals surface area contributed by atoms with Crippen LogP contribution in [0, 0.1) is 11.8 Å². The van der Waals surface area contributed by atoms with Gasteiger partial charge in [-0.25, -0.2) is 0 Å². The van der Waals surface area contributed by atoms with Gasteiger partial charge in [-0.1, -0.05) is 130 Å². The van der Waals surface area contributed by atoms with Crippen LogP contribution >= 0.6 is 0 Å². The summed E-state index contributed by atoms with van der Waals surface area (Å²) in [5.41, 5.74) is 0. The third-order valence-corrected chi connectivity index (χ3v) is 5.30. The van der Waals surface area contributed by atoms with Crippen LogP contribution in [0.5, 0.6) is 0 Å². The molecule has 0 radical (unpaired) electrons. The summed E-state index contributed by atoms with van der Waals surface area (Å²) in [4.78, 5) is 0. The average Bonchev–Trinajstić information content (AvgIpc) is 2.50. The van der Waals surface area contributed by atoms with E-state index in [4.69, 9.17) is 0 Å². The molecule has 0 rings (SSSR count). The van der Waals surface area contributed by atoms with Gasteiger partial charge in [-0.3, -0.25) is 0 Å². The topological polar surface area (TPSA) is 0 Å². The Morgan fingerprint density at radius 2 is 0.773 bits per heavy atom. The third kappa shape index (κ3) is 14.9. The number of hydrogen-bond donors (Lipinski definition) is 0. The summed E-state index contributed by atoms with van der Waals surface area (Å²) in [7, 11) is 0. The van der Waals surface area contributed by atoms with E-state index in [1.54, 1.807) is 0 Å². The fraction of sp³-hybridized carbons (Fsp3) is 1.00. The van der Waals surface area contributed by atoms with E-state index in [0.717, 1.165) is 11.8 Å². The summed E-state index contributed by atoms with van der Waals surface area (Å²) in [5.74, 6) is 1.88. The Labute approximate surface area is 142 Å². The van der Waals surface area contributed by atoms with Gasteiger partial charge in [0.05, 0.1) is 0 Å². The predicted molar refractivity (Wildman–Crippen MR) is 104 cm³/mol. The zero-order valence-electron chi connectivity index (χ0n) is 16.5. The highest BCUT2D eigenvalue weighted by atomic mass is 14.2. The highest BCUT2D eigenvalue weighted by Gasteiger charge is 2.12. The van der Waals surface area contributed by atoms with Crippen molar-refractivity contribution < 1.29 is 0 Å². The van der Waals surface area contributed by atoms with Crippen LogP contribution in [0.2, 0.25) is 0 Å². The van der Waals surface area contributed by atoms with Crippen molar-refractivity contribution in [1.82, 2.24) is 0 Å². The van der Waals surface area contributed by atoms with E-state index in [0.29, 0.717) is 0 Å². The van der Waals surface area contributed by atoms with Gasteiger partial charge in [0.15, 0.2) is 0 Å². The van der Waals surface area contributed by atoms with Crippen LogP contribution in [-0.2, 0) is 0 Å². The zero-order valence-corrected chi connectivity index (χ0v) is 16.5. The summed E-state index contributed by atoms with van der Waals surface area (Å²) in [6.07, 6.45) is 23.3. The highest BCUT2D eigenvalue weighted by molar-refractivity contribution is 4.64. The molecule has 0 atom stereocenters. The standard InChI is InChI=1S/C22H46/c1-5-7-9-11-13-15-17-19-22(21(3)4)20-18-16-14-12-10-8-6-2/h21-22H,5-20H2,1-4H3. The Balaban J connectivity index is 3.49. The number of hydrogen-bond acceptors (Lipinski definition) is 0. The molecule has 0 amide bonds. The fourth-order valence-corrected chi connectivity index (χ4v) is 3.54. The molecule has 0 saturated heterocycles. The van der Waals surface area contributed by atoms with Crippen LogP contribution < -0.4 is 0 Å². The minimum Gasteiger partial charge on any atom is -0.0654 e. The van der Waals surface area contributed by atoms with Crippen molar-refractivity contribution in [3.8, 4) is 0 Å². The number of unbranched alkanes of at least 4 members (excludes halogenated alkanes) is 12. The van der Waals surface area contributed by atoms with Crippen LogP contribution in [0.15, 0.2) is 0 Å². The van der Waals surface area contributed by atoms with Crippen molar-refractivity contribution in [3.05, 3.63) is 0 Å². The van der Waals surface area contributed by atoms with Crippen molar-refractivity contribution in [2.75, 3.05) is 0 Å². The molecule has 134 valence electrons. The first kappa shape index (κ1) is 22.0. The van der Waals surface area contributed by atoms with Gasteiger partial charge < -0.3 is 0 Å². The molecule has 0 fully saturated rings. The molecule has 0 spiro atoms. The Morgan fingerprint density at radius 1 is 0.455 bits per heavy atom. The first-order chi connectivity index (χ1) is 10.7. The summed E-state index contributed by atoms with van der Waals surface area (Å²) >= 11 is 0. The molecular formula is C22H46. The molecule has 0 N–H and O–H groups in total. The van der Waals surface area contributed by atoms with E-state index in [2.05, 4.69) is 27.7 Å². The molecule has 0 unspecified atom stereocenters. The fourth-order valence-electron chi connectivity index (χ4n) is 3.54. The van der Waals surface area contributed by atoms with Crippen LogP contribution in [0.1, 0.15) is 130 Å². The van der Waals surface area contributed by atoms with Gasteiger partial charge in [-0.05, 0) is 11.8 Å². The second-order valence-electron chi connectivity index (χ2n) is 7.82. The van der Waals surface area contributed by atoms with Gasteiger partial charge in [-0.15, -0.1) is 0 Å². The predicted octanol–water partition coefficient (Wildman–Crippen LogP) is 8.54. The van der Waals surface area contributed by atoms with Crippen LogP contribution in [-0.4, -0.2) is 0 Å². The first-order valence-corrected chi connectivity index (χ1v) is 10.7. The molecule has 0 bridgehead atoms. The summed E-state index contributed by atoms with van der Waals surface area (Å²) in [5, 5.41) is 0.